The number of hydrogen-bond acceptors (Lipinski definition) is 4. The van der Waals surface area contributed by atoms with E-state index in [1.807, 2.05) is 11.8 Å². The predicted molar refractivity (Wildman–Crippen MR) is 100 cm³/mol. The topological polar surface area (TPSA) is 88.6 Å². The Balaban J connectivity index is 1.84. The molecule has 0 bridgehead atoms. The van der Waals surface area contributed by atoms with Crippen LogP contribution in [0.1, 0.15) is 43.6 Å². The highest BCUT2D eigenvalue weighted by Crippen LogP contribution is 2.27. The third-order valence-corrected chi connectivity index (χ3v) is 7.54. The highest BCUT2D eigenvalue weighted by molar-refractivity contribution is 7.89. The second-order valence-electron chi connectivity index (χ2n) is 7.93. The molecule has 0 spiro atoms. The van der Waals surface area contributed by atoms with E-state index in [9.17, 15) is 13.2 Å². The SMILES string of the molecule is CC1CCCN(S(=O)(=O)c2cc(C(=O)N3CC(CN)CC3C)n(C)c2)C1. The van der Waals surface area contributed by atoms with Crippen LogP contribution in [0.5, 0.6) is 0 Å². The first-order chi connectivity index (χ1) is 12.2. The van der Waals surface area contributed by atoms with Gasteiger partial charge < -0.3 is 15.2 Å². The Morgan fingerprint density at radius 2 is 2.04 bits per heavy atom. The zero-order valence-corrected chi connectivity index (χ0v) is 16.7. The molecule has 2 N–H and O–H groups in total. The summed E-state index contributed by atoms with van der Waals surface area (Å²) in [6, 6.07) is 1.65. The maximum absolute atomic E-state index is 13.0. The number of hydrogen-bond donors (Lipinski definition) is 1. The Labute approximate surface area is 156 Å². The van der Waals surface area contributed by atoms with Crippen LogP contribution < -0.4 is 5.73 Å². The van der Waals surface area contributed by atoms with Crippen LogP contribution in [-0.2, 0) is 17.1 Å². The molecule has 26 heavy (non-hydrogen) atoms. The first-order valence-corrected chi connectivity index (χ1v) is 10.9. The fraction of sp³-hybridized carbons (Fsp3) is 0.722. The van der Waals surface area contributed by atoms with Crippen molar-refractivity contribution < 1.29 is 13.2 Å². The number of amides is 1. The van der Waals surface area contributed by atoms with Gasteiger partial charge in [0.1, 0.15) is 10.6 Å². The van der Waals surface area contributed by atoms with Crippen LogP contribution in [0.4, 0.5) is 0 Å². The van der Waals surface area contributed by atoms with Gasteiger partial charge in [-0.2, -0.15) is 4.31 Å². The number of likely N-dealkylation sites (tertiary alicyclic amines) is 1. The number of piperidine rings is 1. The summed E-state index contributed by atoms with van der Waals surface area (Å²) in [5.41, 5.74) is 6.17. The lowest BCUT2D eigenvalue weighted by Crippen LogP contribution is -2.38. The van der Waals surface area contributed by atoms with Crippen molar-refractivity contribution in [3.05, 3.63) is 18.0 Å². The van der Waals surface area contributed by atoms with Crippen molar-refractivity contribution in [3.8, 4) is 0 Å². The van der Waals surface area contributed by atoms with Crippen molar-refractivity contribution in [3.63, 3.8) is 0 Å². The van der Waals surface area contributed by atoms with Crippen LogP contribution in [-0.4, -0.2) is 60.3 Å². The predicted octanol–water partition coefficient (Wildman–Crippen LogP) is 1.26. The molecular formula is C18H30N4O3S. The molecule has 3 heterocycles. The molecule has 2 aliphatic rings. The van der Waals surface area contributed by atoms with Gasteiger partial charge in [0, 0.05) is 38.9 Å². The summed E-state index contributed by atoms with van der Waals surface area (Å²) >= 11 is 0. The Morgan fingerprint density at radius 1 is 1.31 bits per heavy atom. The van der Waals surface area contributed by atoms with Gasteiger partial charge in [0.15, 0.2) is 0 Å². The number of rotatable bonds is 4. The molecule has 1 aromatic rings. The van der Waals surface area contributed by atoms with Gasteiger partial charge >= 0.3 is 0 Å². The minimum atomic E-state index is -3.56. The van der Waals surface area contributed by atoms with E-state index < -0.39 is 10.0 Å². The number of sulfonamides is 1. The number of aromatic nitrogens is 1. The fourth-order valence-corrected chi connectivity index (χ4v) is 5.82. The van der Waals surface area contributed by atoms with Crippen LogP contribution in [0.15, 0.2) is 17.2 Å². The average Bonchev–Trinajstić information content (AvgIpc) is 3.17. The van der Waals surface area contributed by atoms with Crippen molar-refractivity contribution >= 4 is 15.9 Å². The molecule has 1 aromatic heterocycles. The molecule has 2 saturated heterocycles. The van der Waals surface area contributed by atoms with Gasteiger partial charge in [-0.1, -0.05) is 6.92 Å². The molecule has 1 amide bonds. The molecule has 0 saturated carbocycles. The summed E-state index contributed by atoms with van der Waals surface area (Å²) in [5.74, 6) is 0.554. The summed E-state index contributed by atoms with van der Waals surface area (Å²) in [6.07, 6.45) is 4.39. The minimum absolute atomic E-state index is 0.119. The smallest absolute Gasteiger partial charge is 0.270 e. The van der Waals surface area contributed by atoms with Gasteiger partial charge in [-0.15, -0.1) is 0 Å². The molecule has 2 aliphatic heterocycles. The second-order valence-corrected chi connectivity index (χ2v) is 9.86. The molecule has 3 atom stereocenters. The summed E-state index contributed by atoms with van der Waals surface area (Å²) in [6.45, 7) is 6.38. The van der Waals surface area contributed by atoms with Gasteiger partial charge in [-0.3, -0.25) is 4.79 Å². The van der Waals surface area contributed by atoms with E-state index >= 15 is 0 Å². The standard InChI is InChI=1S/C18H30N4O3S/c1-13-5-4-6-21(10-13)26(24,25)16-8-17(20(3)12-16)18(23)22-11-15(9-19)7-14(22)2/h8,12-15H,4-7,9-11,19H2,1-3H3. The van der Waals surface area contributed by atoms with Gasteiger partial charge in [0.05, 0.1) is 0 Å². The second kappa shape index (κ2) is 7.32. The maximum Gasteiger partial charge on any atom is 0.270 e. The molecule has 3 unspecified atom stereocenters. The molecule has 8 heteroatoms. The van der Waals surface area contributed by atoms with Crippen molar-refractivity contribution in [2.75, 3.05) is 26.2 Å². The maximum atomic E-state index is 13.0. The average molecular weight is 383 g/mol. The van der Waals surface area contributed by atoms with Gasteiger partial charge in [-0.05, 0) is 50.6 Å². The number of nitrogens with zero attached hydrogens (tertiary/aromatic N) is 3. The zero-order chi connectivity index (χ0) is 19.1. The van der Waals surface area contributed by atoms with E-state index in [-0.39, 0.29) is 16.8 Å². The molecule has 0 radical (unpaired) electrons. The fourth-order valence-electron chi connectivity index (χ4n) is 4.14. The van der Waals surface area contributed by atoms with E-state index in [1.54, 1.807) is 22.1 Å². The number of nitrogens with two attached hydrogens (primary N) is 1. The van der Waals surface area contributed by atoms with E-state index in [0.29, 0.717) is 43.7 Å². The normalized spacial score (nSPS) is 27.8. The summed E-state index contributed by atoms with van der Waals surface area (Å²) in [5, 5.41) is 0. The lowest BCUT2D eigenvalue weighted by molar-refractivity contribution is 0.0734. The Hall–Kier alpha value is -1.38. The van der Waals surface area contributed by atoms with Crippen molar-refractivity contribution in [2.24, 2.45) is 24.6 Å². The monoisotopic (exact) mass is 382 g/mol. The van der Waals surface area contributed by atoms with Crippen LogP contribution in [0, 0.1) is 11.8 Å². The number of aryl methyl sites for hydroxylation is 1. The van der Waals surface area contributed by atoms with E-state index in [1.165, 1.54) is 6.07 Å². The van der Waals surface area contributed by atoms with Gasteiger partial charge in [0.2, 0.25) is 10.0 Å². The molecule has 2 fully saturated rings. The molecule has 0 aliphatic carbocycles. The van der Waals surface area contributed by atoms with Crippen LogP contribution >= 0.6 is 0 Å². The van der Waals surface area contributed by atoms with Gasteiger partial charge in [0.25, 0.3) is 5.91 Å². The third kappa shape index (κ3) is 3.54. The molecule has 146 valence electrons. The lowest BCUT2D eigenvalue weighted by atomic mass is 10.0. The summed E-state index contributed by atoms with van der Waals surface area (Å²) < 4.78 is 29.1. The molecule has 3 rings (SSSR count). The summed E-state index contributed by atoms with van der Waals surface area (Å²) in [4.78, 5) is 15.0. The van der Waals surface area contributed by atoms with Crippen molar-refractivity contribution in [2.45, 2.75) is 44.0 Å². The third-order valence-electron chi connectivity index (χ3n) is 5.71. The van der Waals surface area contributed by atoms with Crippen molar-refractivity contribution in [1.29, 1.82) is 0 Å². The highest BCUT2D eigenvalue weighted by atomic mass is 32.2. The summed E-state index contributed by atoms with van der Waals surface area (Å²) in [7, 11) is -1.83. The van der Waals surface area contributed by atoms with Gasteiger partial charge in [-0.25, -0.2) is 8.42 Å². The largest absolute Gasteiger partial charge is 0.345 e. The zero-order valence-electron chi connectivity index (χ0n) is 15.9. The van der Waals surface area contributed by atoms with Crippen LogP contribution in [0.25, 0.3) is 0 Å². The van der Waals surface area contributed by atoms with Crippen LogP contribution in [0.3, 0.4) is 0 Å². The molecule has 7 nitrogen and oxygen atoms in total. The van der Waals surface area contributed by atoms with Crippen molar-refractivity contribution in [1.82, 2.24) is 13.8 Å². The number of carbonyl (C=O) groups is 1. The highest BCUT2D eigenvalue weighted by Gasteiger charge is 2.35. The minimum Gasteiger partial charge on any atom is -0.345 e. The van der Waals surface area contributed by atoms with E-state index in [2.05, 4.69) is 6.92 Å². The Kier molecular flexibility index (Phi) is 5.46. The van der Waals surface area contributed by atoms with E-state index in [4.69, 9.17) is 5.73 Å². The lowest BCUT2D eigenvalue weighted by Gasteiger charge is -2.29. The van der Waals surface area contributed by atoms with E-state index in [0.717, 1.165) is 19.3 Å². The first kappa shape index (κ1) is 19.4. The quantitative estimate of drug-likeness (QED) is 0.849. The first-order valence-electron chi connectivity index (χ1n) is 9.41. The Bertz CT molecular complexity index is 773. The number of carbonyl (C=O) groups excluding carboxylic acids is 1. The molecular weight excluding hydrogens is 352 g/mol. The molecule has 0 aromatic carbocycles. The van der Waals surface area contributed by atoms with Crippen LogP contribution in [0.2, 0.25) is 0 Å². The Morgan fingerprint density at radius 3 is 2.65 bits per heavy atom.